The van der Waals surface area contributed by atoms with Crippen LogP contribution in [0.5, 0.6) is 0 Å². The molecule has 4 heterocycles. The van der Waals surface area contributed by atoms with Crippen LogP contribution in [-0.2, 0) is 17.5 Å². The Labute approximate surface area is 215 Å². The maximum atomic E-state index is 13.7. The van der Waals surface area contributed by atoms with E-state index in [1.807, 2.05) is 6.92 Å². The number of amides is 2. The number of pyridine rings is 1. The topological polar surface area (TPSA) is 121 Å². The van der Waals surface area contributed by atoms with Gasteiger partial charge in [-0.3, -0.25) is 19.0 Å². The van der Waals surface area contributed by atoms with E-state index in [1.54, 1.807) is 24.7 Å². The molecule has 1 atom stereocenters. The molecule has 0 aliphatic rings. The van der Waals surface area contributed by atoms with E-state index in [2.05, 4.69) is 36.4 Å². The predicted octanol–water partition coefficient (Wildman–Crippen LogP) is 5.15. The second kappa shape index (κ2) is 9.65. The van der Waals surface area contributed by atoms with Crippen LogP contribution >= 0.6 is 27.3 Å². The van der Waals surface area contributed by atoms with Crippen LogP contribution in [0.1, 0.15) is 47.4 Å². The van der Waals surface area contributed by atoms with E-state index in [4.69, 9.17) is 5.73 Å². The van der Waals surface area contributed by atoms with Crippen molar-refractivity contribution in [1.29, 1.82) is 0 Å². The van der Waals surface area contributed by atoms with Gasteiger partial charge in [0.05, 0.1) is 22.6 Å². The van der Waals surface area contributed by atoms with Crippen LogP contribution < -0.4 is 11.1 Å². The largest absolute Gasteiger partial charge is 0.433 e. The van der Waals surface area contributed by atoms with E-state index >= 15 is 0 Å². The Kier molecular flexibility index (Phi) is 6.92. The van der Waals surface area contributed by atoms with Crippen molar-refractivity contribution in [2.24, 2.45) is 5.73 Å². The first-order valence-corrected chi connectivity index (χ1v) is 12.4. The molecule has 0 aromatic carbocycles. The third-order valence-electron chi connectivity index (χ3n) is 5.70. The number of fused-ring (bicyclic) bond motifs is 1. The van der Waals surface area contributed by atoms with Crippen LogP contribution in [0.2, 0.25) is 0 Å². The molecule has 4 aromatic rings. The molecule has 0 saturated carbocycles. The van der Waals surface area contributed by atoms with Crippen LogP contribution in [0.25, 0.3) is 21.3 Å². The molecule has 3 N–H and O–H groups in total. The first-order valence-electron chi connectivity index (χ1n) is 10.8. The zero-order valence-corrected chi connectivity index (χ0v) is 21.8. The summed E-state index contributed by atoms with van der Waals surface area (Å²) in [5.41, 5.74) is 5.63. The molecule has 0 fully saturated rings. The number of nitrogens with two attached hydrogens (primary N) is 1. The second-order valence-corrected chi connectivity index (χ2v) is 9.83. The molecule has 1 unspecified atom stereocenters. The Bertz CT molecular complexity index is 1470. The number of hydrogen-bond acceptors (Lipinski definition) is 6. The number of hydrogen-bond donors (Lipinski definition) is 2. The van der Waals surface area contributed by atoms with Gasteiger partial charge in [0.1, 0.15) is 21.4 Å². The number of carbonyl (C=O) groups is 2. The first-order chi connectivity index (χ1) is 17.0. The number of thiophene rings is 1. The lowest BCUT2D eigenvalue weighted by atomic mass is 10.0. The van der Waals surface area contributed by atoms with Crippen molar-refractivity contribution in [2.75, 3.05) is 5.32 Å². The zero-order valence-electron chi connectivity index (χ0n) is 19.4. The highest BCUT2D eigenvalue weighted by molar-refractivity contribution is 9.10. The highest BCUT2D eigenvalue weighted by atomic mass is 79.9. The molecule has 0 radical (unpaired) electrons. The molecule has 0 spiro atoms. The van der Waals surface area contributed by atoms with E-state index in [1.165, 1.54) is 17.1 Å². The van der Waals surface area contributed by atoms with Gasteiger partial charge in [-0.2, -0.15) is 23.4 Å². The first kappa shape index (κ1) is 25.8. The van der Waals surface area contributed by atoms with Crippen LogP contribution in [0.3, 0.4) is 0 Å². The highest BCUT2D eigenvalue weighted by Gasteiger charge is 2.36. The Morgan fingerprint density at radius 2 is 1.94 bits per heavy atom. The van der Waals surface area contributed by atoms with E-state index in [-0.39, 0.29) is 26.3 Å². The van der Waals surface area contributed by atoms with Gasteiger partial charge in [-0.25, -0.2) is 4.98 Å². The molecule has 0 aliphatic heterocycles. The Hall–Kier alpha value is -3.26. The van der Waals surface area contributed by atoms with E-state index in [0.29, 0.717) is 40.0 Å². The van der Waals surface area contributed by atoms with Gasteiger partial charge < -0.3 is 11.1 Å². The number of rotatable bonds is 7. The van der Waals surface area contributed by atoms with Gasteiger partial charge in [0.15, 0.2) is 0 Å². The smallest absolute Gasteiger partial charge is 0.365 e. The Morgan fingerprint density at radius 1 is 1.22 bits per heavy atom. The maximum Gasteiger partial charge on any atom is 0.433 e. The van der Waals surface area contributed by atoms with Crippen LogP contribution in [0.15, 0.2) is 29.1 Å². The van der Waals surface area contributed by atoms with Gasteiger partial charge in [-0.1, -0.05) is 6.92 Å². The lowest BCUT2D eigenvalue weighted by Gasteiger charge is -2.17. The number of aryl methyl sites for hydroxylation is 1. The fraction of sp³-hybridized carbons (Fsp3) is 0.318. The van der Waals surface area contributed by atoms with Gasteiger partial charge in [-0.05, 0) is 47.8 Å². The number of alkyl halides is 3. The lowest BCUT2D eigenvalue weighted by Crippen LogP contribution is -2.27. The Balaban J connectivity index is 1.96. The minimum absolute atomic E-state index is 0.0112. The molecule has 0 aliphatic carbocycles. The summed E-state index contributed by atoms with van der Waals surface area (Å²) in [5, 5.41) is 11.3. The van der Waals surface area contributed by atoms with Crippen molar-refractivity contribution in [3.05, 3.63) is 45.4 Å². The SMILES string of the molecule is CCC(C(=O)Nc1c(C(N)=O)sc2nc(C(F)(F)F)cc(-c3cnn(CC)c3C)c12)n1cc(Br)cn1. The molecule has 4 rings (SSSR count). The number of primary amides is 1. The van der Waals surface area contributed by atoms with Gasteiger partial charge in [0, 0.05) is 29.4 Å². The molecular formula is C22H21BrF3N7O2S. The van der Waals surface area contributed by atoms with Crippen molar-refractivity contribution < 1.29 is 22.8 Å². The zero-order chi connectivity index (χ0) is 26.4. The molecule has 0 saturated heterocycles. The van der Waals surface area contributed by atoms with Gasteiger partial charge in [0.25, 0.3) is 5.91 Å². The van der Waals surface area contributed by atoms with E-state index < -0.39 is 29.7 Å². The molecule has 14 heteroatoms. The van der Waals surface area contributed by atoms with Crippen LogP contribution in [0.4, 0.5) is 18.9 Å². The number of carbonyl (C=O) groups excluding carboxylic acids is 2. The van der Waals surface area contributed by atoms with Crippen molar-refractivity contribution in [3.63, 3.8) is 0 Å². The molecule has 9 nitrogen and oxygen atoms in total. The molecule has 36 heavy (non-hydrogen) atoms. The average Bonchev–Trinajstić information content (AvgIpc) is 3.50. The molecular weight excluding hydrogens is 563 g/mol. The maximum absolute atomic E-state index is 13.7. The summed E-state index contributed by atoms with van der Waals surface area (Å²) in [6.07, 6.45) is 0.231. The third kappa shape index (κ3) is 4.62. The molecule has 0 bridgehead atoms. The number of halogens is 4. The fourth-order valence-corrected chi connectivity index (χ4v) is 5.27. The van der Waals surface area contributed by atoms with Gasteiger partial charge in [0.2, 0.25) is 5.91 Å². The van der Waals surface area contributed by atoms with Crippen molar-refractivity contribution in [1.82, 2.24) is 24.5 Å². The summed E-state index contributed by atoms with van der Waals surface area (Å²) in [6, 6.07) is 0.156. The van der Waals surface area contributed by atoms with Crippen molar-refractivity contribution >= 4 is 55.0 Å². The van der Waals surface area contributed by atoms with Gasteiger partial charge >= 0.3 is 6.18 Å². The van der Waals surface area contributed by atoms with Crippen LogP contribution in [0, 0.1) is 6.92 Å². The summed E-state index contributed by atoms with van der Waals surface area (Å²) in [7, 11) is 0. The highest BCUT2D eigenvalue weighted by Crippen LogP contribution is 2.44. The number of nitrogens with zero attached hydrogens (tertiary/aromatic N) is 5. The minimum atomic E-state index is -4.74. The summed E-state index contributed by atoms with van der Waals surface area (Å²) in [5.74, 6) is -1.41. The average molecular weight is 584 g/mol. The minimum Gasteiger partial charge on any atom is -0.365 e. The third-order valence-corrected chi connectivity index (χ3v) is 7.20. The monoisotopic (exact) mass is 583 g/mol. The standard InChI is InChI=1S/C22H21BrF3N7O2S/c1-4-14(33-9-11(23)7-28-33)20(35)31-17-16-12(13-8-29-32(5-2)10(13)3)6-15(22(24,25)26)30-21(16)36-18(17)19(27)34/h6-9,14H,4-5H2,1-3H3,(H2,27,34)(H,31,35). The number of nitrogens with one attached hydrogen (secondary N) is 1. The molecule has 190 valence electrons. The summed E-state index contributed by atoms with van der Waals surface area (Å²) < 4.78 is 45.0. The van der Waals surface area contributed by atoms with Gasteiger partial charge in [-0.15, -0.1) is 11.3 Å². The Morgan fingerprint density at radius 3 is 2.47 bits per heavy atom. The molecule has 2 amide bonds. The summed E-state index contributed by atoms with van der Waals surface area (Å²) >= 11 is 3.99. The predicted molar refractivity (Wildman–Crippen MR) is 133 cm³/mol. The normalized spacial score (nSPS) is 12.8. The van der Waals surface area contributed by atoms with E-state index in [0.717, 1.165) is 6.07 Å². The lowest BCUT2D eigenvalue weighted by molar-refractivity contribution is -0.140. The van der Waals surface area contributed by atoms with Crippen molar-refractivity contribution in [3.8, 4) is 11.1 Å². The van der Waals surface area contributed by atoms with E-state index in [9.17, 15) is 22.8 Å². The summed E-state index contributed by atoms with van der Waals surface area (Å²) in [6.45, 7) is 5.87. The van der Waals surface area contributed by atoms with Crippen LogP contribution in [-0.4, -0.2) is 36.4 Å². The second-order valence-electron chi connectivity index (χ2n) is 7.91. The van der Waals surface area contributed by atoms with Crippen molar-refractivity contribution in [2.45, 2.75) is 46.0 Å². The quantitative estimate of drug-likeness (QED) is 0.311. The fourth-order valence-electron chi connectivity index (χ4n) is 3.96. The molecule has 4 aromatic heterocycles. The summed E-state index contributed by atoms with van der Waals surface area (Å²) in [4.78, 5) is 29.2. The number of aromatic nitrogens is 5. The number of anilines is 1.